The van der Waals surface area contributed by atoms with Gasteiger partial charge in [0.1, 0.15) is 5.82 Å². The van der Waals surface area contributed by atoms with Crippen LogP contribution in [0.3, 0.4) is 0 Å². The second-order valence-electron chi connectivity index (χ2n) is 9.16. The van der Waals surface area contributed by atoms with Crippen molar-refractivity contribution in [3.8, 4) is 11.3 Å². The maximum atomic E-state index is 14.9. The summed E-state index contributed by atoms with van der Waals surface area (Å²) in [4.78, 5) is 27.3. The molecule has 1 fully saturated rings. The molecule has 0 aliphatic carbocycles. The molecule has 0 bridgehead atoms. The van der Waals surface area contributed by atoms with Crippen molar-refractivity contribution in [2.45, 2.75) is 18.9 Å². The van der Waals surface area contributed by atoms with Crippen LogP contribution >= 0.6 is 0 Å². The Morgan fingerprint density at radius 1 is 0.943 bits per heavy atom. The topological polar surface area (TPSA) is 78.6 Å². The number of nitrogens with two attached hydrogens (primary N) is 1. The van der Waals surface area contributed by atoms with Crippen LogP contribution in [0.5, 0.6) is 0 Å². The molecule has 2 aromatic carbocycles. The van der Waals surface area contributed by atoms with Crippen LogP contribution < -0.4 is 10.6 Å². The normalized spacial score (nSPS) is 16.8. The molecule has 0 radical (unpaired) electrons. The molecule has 182 valence electrons. The first-order valence-electron chi connectivity index (χ1n) is 11.7. The zero-order valence-electron chi connectivity index (χ0n) is 19.6. The van der Waals surface area contributed by atoms with E-state index in [9.17, 15) is 13.6 Å². The molecule has 5 rings (SSSR count). The lowest BCUT2D eigenvalue weighted by molar-refractivity contribution is -0.160. The number of rotatable bonds is 4. The van der Waals surface area contributed by atoms with E-state index in [0.717, 1.165) is 48.7 Å². The molecule has 0 spiro atoms. The molecule has 2 N–H and O–H groups in total. The van der Waals surface area contributed by atoms with Gasteiger partial charge in [0.2, 0.25) is 5.95 Å². The lowest BCUT2D eigenvalue weighted by Crippen LogP contribution is -2.44. The summed E-state index contributed by atoms with van der Waals surface area (Å²) in [6.07, 6.45) is 0.519. The minimum Gasteiger partial charge on any atom is -0.368 e. The number of amides is 1. The third kappa shape index (κ3) is 4.68. The van der Waals surface area contributed by atoms with E-state index in [4.69, 9.17) is 5.73 Å². The predicted molar refractivity (Wildman–Crippen MR) is 131 cm³/mol. The van der Waals surface area contributed by atoms with Gasteiger partial charge in [0, 0.05) is 56.5 Å². The molecular weight excluding hydrogens is 450 g/mol. The first kappa shape index (κ1) is 23.2. The van der Waals surface area contributed by atoms with Gasteiger partial charge in [0.15, 0.2) is 0 Å². The lowest BCUT2D eigenvalue weighted by atomic mass is 9.95. The second kappa shape index (κ2) is 9.22. The van der Waals surface area contributed by atoms with Gasteiger partial charge in [0.05, 0.1) is 5.69 Å². The van der Waals surface area contributed by atoms with E-state index < -0.39 is 11.8 Å². The summed E-state index contributed by atoms with van der Waals surface area (Å²) < 4.78 is 29.8. The number of nitrogen functional groups attached to an aromatic ring is 1. The van der Waals surface area contributed by atoms with Crippen molar-refractivity contribution in [2.75, 3.05) is 50.4 Å². The van der Waals surface area contributed by atoms with Gasteiger partial charge < -0.3 is 20.4 Å². The average molecular weight is 479 g/mol. The highest BCUT2D eigenvalue weighted by molar-refractivity contribution is 5.85. The summed E-state index contributed by atoms with van der Waals surface area (Å²) in [5.41, 5.74) is 9.12. The SMILES string of the molecule is CN1CCN(c2cc(-c3ccc4c(c3)CN(C(=O)C(F)(F)c3ccccc3)CC4)nc(N)n2)CC1. The fourth-order valence-electron chi connectivity index (χ4n) is 4.66. The van der Waals surface area contributed by atoms with Crippen LogP contribution in [-0.2, 0) is 23.7 Å². The molecule has 0 atom stereocenters. The summed E-state index contributed by atoms with van der Waals surface area (Å²) >= 11 is 0. The van der Waals surface area contributed by atoms with E-state index in [2.05, 4.69) is 26.8 Å². The van der Waals surface area contributed by atoms with E-state index in [1.165, 1.54) is 29.2 Å². The molecule has 35 heavy (non-hydrogen) atoms. The summed E-state index contributed by atoms with van der Waals surface area (Å²) in [6.45, 7) is 3.95. The Labute approximate surface area is 203 Å². The van der Waals surface area contributed by atoms with Gasteiger partial charge in [-0.3, -0.25) is 4.79 Å². The predicted octanol–water partition coefficient (Wildman–Crippen LogP) is 3.15. The van der Waals surface area contributed by atoms with Gasteiger partial charge in [-0.1, -0.05) is 42.5 Å². The van der Waals surface area contributed by atoms with Crippen LogP contribution in [0, 0.1) is 0 Å². The molecule has 7 nitrogen and oxygen atoms in total. The summed E-state index contributed by atoms with van der Waals surface area (Å²) in [6, 6.07) is 15.0. The Morgan fingerprint density at radius 2 is 1.69 bits per heavy atom. The summed E-state index contributed by atoms with van der Waals surface area (Å²) in [5, 5.41) is 0. The molecule has 3 aromatic rings. The molecule has 2 aliphatic heterocycles. The van der Waals surface area contributed by atoms with Gasteiger partial charge in [-0.2, -0.15) is 13.8 Å². The largest absolute Gasteiger partial charge is 0.368 e. The molecule has 2 aliphatic rings. The Hall–Kier alpha value is -3.59. The Kier molecular flexibility index (Phi) is 6.10. The van der Waals surface area contributed by atoms with Crippen molar-refractivity contribution in [3.63, 3.8) is 0 Å². The molecule has 0 saturated carbocycles. The Balaban J connectivity index is 1.39. The van der Waals surface area contributed by atoms with Crippen molar-refractivity contribution in [1.82, 2.24) is 19.8 Å². The second-order valence-corrected chi connectivity index (χ2v) is 9.16. The van der Waals surface area contributed by atoms with Crippen LogP contribution in [0.15, 0.2) is 54.6 Å². The van der Waals surface area contributed by atoms with Crippen LogP contribution in [0.2, 0.25) is 0 Å². The van der Waals surface area contributed by atoms with Crippen LogP contribution in [-0.4, -0.2) is 65.4 Å². The van der Waals surface area contributed by atoms with Gasteiger partial charge in [-0.25, -0.2) is 4.98 Å². The minimum absolute atomic E-state index is 0.121. The van der Waals surface area contributed by atoms with Crippen molar-refractivity contribution >= 4 is 17.7 Å². The zero-order chi connectivity index (χ0) is 24.6. The molecule has 3 heterocycles. The number of hydrogen-bond acceptors (Lipinski definition) is 6. The Bertz CT molecular complexity index is 1230. The molecule has 0 unspecified atom stereocenters. The van der Waals surface area contributed by atoms with Crippen molar-refractivity contribution in [1.29, 1.82) is 0 Å². The lowest BCUT2D eigenvalue weighted by Gasteiger charge is -2.33. The van der Waals surface area contributed by atoms with Crippen molar-refractivity contribution in [3.05, 3.63) is 71.3 Å². The first-order valence-corrected chi connectivity index (χ1v) is 11.7. The van der Waals surface area contributed by atoms with Gasteiger partial charge in [0.25, 0.3) is 5.91 Å². The summed E-state index contributed by atoms with van der Waals surface area (Å²) in [5.74, 6) is -3.79. The number of fused-ring (bicyclic) bond motifs is 1. The number of likely N-dealkylation sites (N-methyl/N-ethyl adjacent to an activating group) is 1. The highest BCUT2D eigenvalue weighted by Gasteiger charge is 2.44. The summed E-state index contributed by atoms with van der Waals surface area (Å²) in [7, 11) is 2.09. The number of alkyl halides is 2. The van der Waals surface area contributed by atoms with Crippen molar-refractivity contribution < 1.29 is 13.6 Å². The van der Waals surface area contributed by atoms with E-state index in [-0.39, 0.29) is 24.6 Å². The fraction of sp³-hybridized carbons (Fsp3) is 0.346. The number of piperazine rings is 1. The third-order valence-electron chi connectivity index (χ3n) is 6.76. The quantitative estimate of drug-likeness (QED) is 0.621. The first-order chi connectivity index (χ1) is 16.8. The minimum atomic E-state index is -3.57. The number of carbonyl (C=O) groups excluding carboxylic acids is 1. The molecule has 9 heteroatoms. The van der Waals surface area contributed by atoms with E-state index in [0.29, 0.717) is 12.1 Å². The number of benzene rings is 2. The molecular formula is C26H28F2N6O. The maximum absolute atomic E-state index is 14.9. The third-order valence-corrected chi connectivity index (χ3v) is 6.76. The van der Waals surface area contributed by atoms with E-state index in [1.807, 2.05) is 24.3 Å². The number of carbonyl (C=O) groups is 1. The smallest absolute Gasteiger partial charge is 0.349 e. The number of aromatic nitrogens is 2. The van der Waals surface area contributed by atoms with Crippen LogP contribution in [0.1, 0.15) is 16.7 Å². The van der Waals surface area contributed by atoms with E-state index in [1.54, 1.807) is 6.07 Å². The number of halogens is 2. The highest BCUT2D eigenvalue weighted by Crippen LogP contribution is 2.33. The van der Waals surface area contributed by atoms with Gasteiger partial charge in [-0.15, -0.1) is 0 Å². The van der Waals surface area contributed by atoms with Crippen molar-refractivity contribution in [2.24, 2.45) is 0 Å². The monoisotopic (exact) mass is 478 g/mol. The fourth-order valence-corrected chi connectivity index (χ4v) is 4.66. The van der Waals surface area contributed by atoms with Crippen LogP contribution in [0.4, 0.5) is 20.5 Å². The molecule has 1 saturated heterocycles. The van der Waals surface area contributed by atoms with Crippen LogP contribution in [0.25, 0.3) is 11.3 Å². The standard InChI is InChI=1S/C26H28F2N6O/c1-32-11-13-33(14-12-32)23-16-22(30-25(29)31-23)19-8-7-18-9-10-34(17-20(18)15-19)24(35)26(27,28)21-5-3-2-4-6-21/h2-8,15-16H,9-14,17H2,1H3,(H2,29,30,31). The number of anilines is 2. The average Bonchev–Trinajstić information content (AvgIpc) is 2.88. The van der Waals surface area contributed by atoms with Gasteiger partial charge in [-0.05, 0) is 30.7 Å². The molecule has 1 amide bonds. The molecule has 1 aromatic heterocycles. The zero-order valence-corrected chi connectivity index (χ0v) is 19.6. The number of nitrogens with zero attached hydrogens (tertiary/aromatic N) is 5. The van der Waals surface area contributed by atoms with E-state index >= 15 is 0 Å². The number of hydrogen-bond donors (Lipinski definition) is 1. The van der Waals surface area contributed by atoms with Gasteiger partial charge >= 0.3 is 5.92 Å². The Morgan fingerprint density at radius 3 is 2.43 bits per heavy atom. The highest BCUT2D eigenvalue weighted by atomic mass is 19.3. The maximum Gasteiger partial charge on any atom is 0.349 e.